The number of carbonyl (C=O) groups excluding carboxylic acids is 2. The second-order valence-electron chi connectivity index (χ2n) is 10.1. The Labute approximate surface area is 243 Å². The van der Waals surface area contributed by atoms with Crippen LogP contribution in [0.3, 0.4) is 0 Å². The first kappa shape index (κ1) is 31.2. The number of nitrogens with zero attached hydrogens (tertiary/aromatic N) is 2. The van der Waals surface area contributed by atoms with E-state index in [1.165, 1.54) is 17.0 Å². The van der Waals surface area contributed by atoms with E-state index >= 15 is 0 Å². The normalized spacial score (nSPS) is 12.2. The first-order valence-corrected chi connectivity index (χ1v) is 15.3. The summed E-state index contributed by atoms with van der Waals surface area (Å²) in [6.07, 6.45) is 0.897. The first-order chi connectivity index (χ1) is 19.1. The summed E-state index contributed by atoms with van der Waals surface area (Å²) in [7, 11) is -4.14. The molecule has 0 fully saturated rings. The smallest absolute Gasteiger partial charge is 0.264 e. The van der Waals surface area contributed by atoms with Crippen LogP contribution in [0.2, 0.25) is 5.02 Å². The van der Waals surface area contributed by atoms with E-state index in [2.05, 4.69) is 5.32 Å². The van der Waals surface area contributed by atoms with Crippen molar-refractivity contribution in [3.8, 4) is 0 Å². The Morgan fingerprint density at radius 2 is 1.55 bits per heavy atom. The Kier molecular flexibility index (Phi) is 11.2. The summed E-state index contributed by atoms with van der Waals surface area (Å²) in [5, 5.41) is 3.33. The largest absolute Gasteiger partial charge is 0.354 e. The van der Waals surface area contributed by atoms with Crippen LogP contribution < -0.4 is 9.62 Å². The number of nitrogens with one attached hydrogen (secondary N) is 1. The molecule has 214 valence electrons. The predicted molar refractivity (Wildman–Crippen MR) is 161 cm³/mol. The zero-order chi connectivity index (χ0) is 29.3. The maximum atomic E-state index is 14.1. The Hall–Kier alpha value is -3.36. The summed E-state index contributed by atoms with van der Waals surface area (Å²) in [6, 6.07) is 21.9. The van der Waals surface area contributed by atoms with Crippen LogP contribution in [-0.4, -0.2) is 50.8 Å². The van der Waals surface area contributed by atoms with Gasteiger partial charge in [0.25, 0.3) is 10.0 Å². The zero-order valence-corrected chi connectivity index (χ0v) is 25.1. The number of rotatable bonds is 13. The van der Waals surface area contributed by atoms with Gasteiger partial charge >= 0.3 is 0 Å². The third-order valence-electron chi connectivity index (χ3n) is 6.67. The fourth-order valence-corrected chi connectivity index (χ4v) is 6.08. The van der Waals surface area contributed by atoms with Crippen molar-refractivity contribution in [1.82, 2.24) is 10.2 Å². The summed E-state index contributed by atoms with van der Waals surface area (Å²) in [5.41, 5.74) is 1.86. The third-order valence-corrected chi connectivity index (χ3v) is 8.86. The number of benzene rings is 3. The monoisotopic (exact) mass is 583 g/mol. The number of amides is 2. The molecule has 1 N–H and O–H groups in total. The summed E-state index contributed by atoms with van der Waals surface area (Å²) in [6.45, 7) is 7.81. The molecular formula is C31H38ClN3O4S. The topological polar surface area (TPSA) is 86.8 Å². The molecule has 0 spiro atoms. The van der Waals surface area contributed by atoms with E-state index in [0.29, 0.717) is 35.7 Å². The molecule has 0 aliphatic carbocycles. The van der Waals surface area contributed by atoms with Crippen LogP contribution in [0.1, 0.15) is 38.3 Å². The van der Waals surface area contributed by atoms with Gasteiger partial charge in [0.15, 0.2) is 0 Å². The highest BCUT2D eigenvalue weighted by atomic mass is 35.5. The van der Waals surface area contributed by atoms with Gasteiger partial charge in [-0.15, -0.1) is 0 Å². The average Bonchev–Trinajstić information content (AvgIpc) is 2.95. The van der Waals surface area contributed by atoms with E-state index in [1.807, 2.05) is 51.1 Å². The van der Waals surface area contributed by atoms with E-state index in [1.54, 1.807) is 43.3 Å². The van der Waals surface area contributed by atoms with Gasteiger partial charge in [0, 0.05) is 18.1 Å². The summed E-state index contributed by atoms with van der Waals surface area (Å²) in [5.74, 6) is -0.484. The quantitative estimate of drug-likeness (QED) is 0.289. The van der Waals surface area contributed by atoms with Crippen molar-refractivity contribution in [2.75, 3.05) is 23.9 Å². The van der Waals surface area contributed by atoms with E-state index in [4.69, 9.17) is 11.6 Å². The molecule has 9 heteroatoms. The molecule has 3 aromatic rings. The third kappa shape index (κ3) is 7.86. The minimum absolute atomic E-state index is 0.0553. The van der Waals surface area contributed by atoms with Gasteiger partial charge in [0.2, 0.25) is 11.8 Å². The maximum absolute atomic E-state index is 14.1. The van der Waals surface area contributed by atoms with Crippen molar-refractivity contribution in [3.05, 3.63) is 95.0 Å². The lowest BCUT2D eigenvalue weighted by Gasteiger charge is -2.33. The Balaban J connectivity index is 2.02. The van der Waals surface area contributed by atoms with Crippen LogP contribution >= 0.6 is 11.6 Å². The van der Waals surface area contributed by atoms with E-state index in [-0.39, 0.29) is 23.3 Å². The number of halogens is 1. The number of sulfonamides is 1. The molecule has 0 aromatic heterocycles. The van der Waals surface area contributed by atoms with Gasteiger partial charge in [-0.3, -0.25) is 13.9 Å². The van der Waals surface area contributed by atoms with Crippen LogP contribution in [0.15, 0.2) is 83.8 Å². The molecule has 0 bridgehead atoms. The van der Waals surface area contributed by atoms with Gasteiger partial charge in [-0.05, 0) is 61.1 Å². The van der Waals surface area contributed by atoms with Gasteiger partial charge in [0.1, 0.15) is 12.6 Å². The minimum Gasteiger partial charge on any atom is -0.354 e. The summed E-state index contributed by atoms with van der Waals surface area (Å²) >= 11 is 6.38. The SMILES string of the molecule is CCC(C(=O)NCC(C)C)N(CCc1ccccc1)C(=O)CN(c1cccc(Cl)c1C)S(=O)(=O)c1ccccc1. The van der Waals surface area contributed by atoms with Gasteiger partial charge < -0.3 is 10.2 Å². The molecule has 3 aromatic carbocycles. The Morgan fingerprint density at radius 1 is 0.925 bits per heavy atom. The van der Waals surface area contributed by atoms with Crippen LogP contribution in [-0.2, 0) is 26.0 Å². The molecule has 0 heterocycles. The lowest BCUT2D eigenvalue weighted by molar-refractivity contribution is -0.139. The Bertz CT molecular complexity index is 1380. The molecule has 0 saturated heterocycles. The number of hydrogen-bond acceptors (Lipinski definition) is 4. The van der Waals surface area contributed by atoms with Crippen molar-refractivity contribution in [2.45, 2.75) is 51.5 Å². The standard InChI is InChI=1S/C31H38ClN3O4S/c1-5-28(31(37)33-21-23(2)3)34(20-19-25-13-8-6-9-14-25)30(36)22-35(29-18-12-17-27(32)24(29)4)40(38,39)26-15-10-7-11-16-26/h6-18,23,28H,5,19-22H2,1-4H3,(H,33,37). The van der Waals surface area contributed by atoms with Crippen molar-refractivity contribution < 1.29 is 18.0 Å². The number of carbonyl (C=O) groups is 2. The fraction of sp³-hybridized carbons (Fsp3) is 0.355. The lowest BCUT2D eigenvalue weighted by atomic mass is 10.1. The van der Waals surface area contributed by atoms with Gasteiger partial charge in [-0.25, -0.2) is 8.42 Å². The summed E-state index contributed by atoms with van der Waals surface area (Å²) < 4.78 is 28.9. The molecule has 1 unspecified atom stereocenters. The molecule has 7 nitrogen and oxygen atoms in total. The van der Waals surface area contributed by atoms with Crippen molar-refractivity contribution in [2.24, 2.45) is 5.92 Å². The van der Waals surface area contributed by atoms with Crippen LogP contribution in [0.5, 0.6) is 0 Å². The Morgan fingerprint density at radius 3 is 2.15 bits per heavy atom. The van der Waals surface area contributed by atoms with Crippen molar-refractivity contribution in [1.29, 1.82) is 0 Å². The number of anilines is 1. The van der Waals surface area contributed by atoms with Gasteiger partial charge in [0.05, 0.1) is 10.6 Å². The molecule has 2 amide bonds. The predicted octanol–water partition coefficient (Wildman–Crippen LogP) is 5.47. The molecule has 1 atom stereocenters. The van der Waals surface area contributed by atoms with Crippen LogP contribution in [0, 0.1) is 12.8 Å². The second-order valence-corrected chi connectivity index (χ2v) is 12.4. The van der Waals surface area contributed by atoms with E-state index in [9.17, 15) is 18.0 Å². The molecule has 40 heavy (non-hydrogen) atoms. The highest BCUT2D eigenvalue weighted by Gasteiger charge is 2.34. The maximum Gasteiger partial charge on any atom is 0.264 e. The highest BCUT2D eigenvalue weighted by Crippen LogP contribution is 2.31. The zero-order valence-electron chi connectivity index (χ0n) is 23.5. The van der Waals surface area contributed by atoms with Crippen LogP contribution in [0.25, 0.3) is 0 Å². The van der Waals surface area contributed by atoms with E-state index < -0.39 is 28.5 Å². The highest BCUT2D eigenvalue weighted by molar-refractivity contribution is 7.92. The van der Waals surface area contributed by atoms with Crippen LogP contribution in [0.4, 0.5) is 5.69 Å². The van der Waals surface area contributed by atoms with Crippen molar-refractivity contribution in [3.63, 3.8) is 0 Å². The molecular weight excluding hydrogens is 546 g/mol. The molecule has 0 radical (unpaired) electrons. The molecule has 0 aliphatic heterocycles. The van der Waals surface area contributed by atoms with E-state index in [0.717, 1.165) is 9.87 Å². The fourth-order valence-electron chi connectivity index (χ4n) is 4.42. The average molecular weight is 584 g/mol. The molecule has 3 rings (SSSR count). The lowest BCUT2D eigenvalue weighted by Crippen LogP contribution is -2.53. The second kappa shape index (κ2) is 14.3. The molecule has 0 saturated carbocycles. The van der Waals surface area contributed by atoms with Gasteiger partial charge in [-0.2, -0.15) is 0 Å². The summed E-state index contributed by atoms with van der Waals surface area (Å²) in [4.78, 5) is 28.9. The first-order valence-electron chi connectivity index (χ1n) is 13.5. The number of hydrogen-bond donors (Lipinski definition) is 1. The van der Waals surface area contributed by atoms with Crippen molar-refractivity contribution >= 4 is 39.1 Å². The molecule has 0 aliphatic rings. The minimum atomic E-state index is -4.14. The van der Waals surface area contributed by atoms with Gasteiger partial charge in [-0.1, -0.05) is 87.0 Å².